The Hall–Kier alpha value is -0.180. The van der Waals surface area contributed by atoms with E-state index in [2.05, 4.69) is 13.8 Å². The molecule has 1 fully saturated rings. The Kier molecular flexibility index (Phi) is 3.24. The van der Waals surface area contributed by atoms with E-state index in [1.54, 1.807) is 11.9 Å². The highest BCUT2D eigenvalue weighted by molar-refractivity contribution is 7.97. The van der Waals surface area contributed by atoms with Crippen LogP contribution in [-0.4, -0.2) is 22.5 Å². The van der Waals surface area contributed by atoms with Crippen molar-refractivity contribution in [2.45, 2.75) is 26.7 Å². The monoisotopic (exact) mass is 173 g/mol. The van der Waals surface area contributed by atoms with Crippen molar-refractivity contribution in [1.82, 2.24) is 4.31 Å². The minimum absolute atomic E-state index is 0.315. The average molecular weight is 173 g/mol. The van der Waals surface area contributed by atoms with Crippen LogP contribution in [-0.2, 0) is 4.79 Å². The first kappa shape index (κ1) is 8.91. The smallest absolute Gasteiger partial charge is 0.233 e. The first-order valence-electron chi connectivity index (χ1n) is 4.13. The Morgan fingerprint density at radius 2 is 2.36 bits per heavy atom. The van der Waals surface area contributed by atoms with Gasteiger partial charge in [0.2, 0.25) is 5.91 Å². The molecule has 1 aliphatic rings. The summed E-state index contributed by atoms with van der Waals surface area (Å²) >= 11 is 1.68. The van der Waals surface area contributed by atoms with Gasteiger partial charge in [0.1, 0.15) is 0 Å². The summed E-state index contributed by atoms with van der Waals surface area (Å²) in [4.78, 5) is 11.1. The molecule has 1 amide bonds. The molecule has 0 N–H and O–H groups in total. The number of hydrogen-bond acceptors (Lipinski definition) is 2. The van der Waals surface area contributed by atoms with Crippen LogP contribution in [0.2, 0.25) is 0 Å². The maximum Gasteiger partial charge on any atom is 0.233 e. The topological polar surface area (TPSA) is 20.3 Å². The Morgan fingerprint density at radius 3 is 2.82 bits per heavy atom. The molecule has 11 heavy (non-hydrogen) atoms. The van der Waals surface area contributed by atoms with Crippen LogP contribution in [0, 0.1) is 5.92 Å². The van der Waals surface area contributed by atoms with E-state index in [0.717, 1.165) is 25.1 Å². The normalized spacial score (nSPS) is 18.5. The molecule has 0 unspecified atom stereocenters. The maximum atomic E-state index is 11.1. The maximum absolute atomic E-state index is 11.1. The molecule has 0 aromatic rings. The van der Waals surface area contributed by atoms with Crippen LogP contribution in [0.3, 0.4) is 0 Å². The van der Waals surface area contributed by atoms with Crippen LogP contribution in [0.15, 0.2) is 0 Å². The van der Waals surface area contributed by atoms with Crippen LogP contribution >= 0.6 is 11.9 Å². The molecule has 1 heterocycles. The summed E-state index contributed by atoms with van der Waals surface area (Å²) in [7, 11) is 0. The molecule has 1 saturated heterocycles. The molecular formula is C8H15NOS. The van der Waals surface area contributed by atoms with Gasteiger partial charge in [-0.3, -0.25) is 9.10 Å². The Bertz CT molecular complexity index is 147. The highest BCUT2D eigenvalue weighted by Crippen LogP contribution is 2.22. The zero-order valence-corrected chi connectivity index (χ0v) is 7.99. The van der Waals surface area contributed by atoms with E-state index in [4.69, 9.17) is 0 Å². The number of carbonyl (C=O) groups excluding carboxylic acids is 1. The lowest BCUT2D eigenvalue weighted by Gasteiger charge is -2.14. The molecule has 0 saturated carbocycles. The molecular weight excluding hydrogens is 158 g/mol. The highest BCUT2D eigenvalue weighted by atomic mass is 32.2. The van der Waals surface area contributed by atoms with E-state index in [1.165, 1.54) is 0 Å². The summed E-state index contributed by atoms with van der Waals surface area (Å²) < 4.78 is 1.90. The zero-order valence-electron chi connectivity index (χ0n) is 7.17. The zero-order chi connectivity index (χ0) is 8.27. The number of amides is 1. The third kappa shape index (κ3) is 2.73. The van der Waals surface area contributed by atoms with Gasteiger partial charge in [0.05, 0.1) is 0 Å². The van der Waals surface area contributed by atoms with Crippen molar-refractivity contribution < 1.29 is 4.79 Å². The van der Waals surface area contributed by atoms with Gasteiger partial charge in [0.15, 0.2) is 0 Å². The Balaban J connectivity index is 2.20. The number of nitrogens with zero attached hydrogens (tertiary/aromatic N) is 1. The lowest BCUT2D eigenvalue weighted by Crippen LogP contribution is -2.20. The van der Waals surface area contributed by atoms with Gasteiger partial charge in [0.25, 0.3) is 0 Å². The van der Waals surface area contributed by atoms with E-state index in [1.807, 2.05) is 4.31 Å². The molecule has 1 aliphatic heterocycles. The average Bonchev–Trinajstić information content (AvgIpc) is 2.31. The lowest BCUT2D eigenvalue weighted by molar-refractivity contribution is -0.124. The predicted octanol–water partition coefficient (Wildman–Crippen LogP) is 1.91. The third-order valence-electron chi connectivity index (χ3n) is 1.75. The number of carbonyl (C=O) groups is 1. The minimum atomic E-state index is 0.315. The summed E-state index contributed by atoms with van der Waals surface area (Å²) in [6.45, 7) is 5.30. The van der Waals surface area contributed by atoms with Crippen molar-refractivity contribution in [2.75, 3.05) is 12.3 Å². The number of hydrogen-bond donors (Lipinski definition) is 0. The summed E-state index contributed by atoms with van der Waals surface area (Å²) in [6, 6.07) is 0. The molecule has 64 valence electrons. The van der Waals surface area contributed by atoms with Crippen molar-refractivity contribution in [3.8, 4) is 0 Å². The van der Waals surface area contributed by atoms with Gasteiger partial charge in [0, 0.05) is 18.7 Å². The second kappa shape index (κ2) is 4.00. The van der Waals surface area contributed by atoms with Gasteiger partial charge in [-0.2, -0.15) is 0 Å². The standard InChI is InChI=1S/C8H15NOS/c1-7(2)3-5-9-8(10)4-6-11-9/h7H,3-6H2,1-2H3. The summed E-state index contributed by atoms with van der Waals surface area (Å²) in [5.41, 5.74) is 0. The molecule has 0 aromatic carbocycles. The fourth-order valence-corrected chi connectivity index (χ4v) is 1.96. The second-order valence-electron chi connectivity index (χ2n) is 3.26. The van der Waals surface area contributed by atoms with Crippen LogP contribution < -0.4 is 0 Å². The van der Waals surface area contributed by atoms with E-state index in [-0.39, 0.29) is 0 Å². The lowest BCUT2D eigenvalue weighted by atomic mass is 10.1. The van der Waals surface area contributed by atoms with Crippen molar-refractivity contribution in [3.63, 3.8) is 0 Å². The van der Waals surface area contributed by atoms with E-state index < -0.39 is 0 Å². The van der Waals surface area contributed by atoms with E-state index in [9.17, 15) is 4.79 Å². The number of rotatable bonds is 3. The molecule has 1 rings (SSSR count). The molecule has 3 heteroatoms. The van der Waals surface area contributed by atoms with Crippen molar-refractivity contribution in [3.05, 3.63) is 0 Å². The Labute approximate surface area is 72.5 Å². The van der Waals surface area contributed by atoms with Gasteiger partial charge in [-0.15, -0.1) is 0 Å². The van der Waals surface area contributed by atoms with Gasteiger partial charge >= 0.3 is 0 Å². The molecule has 0 radical (unpaired) electrons. The third-order valence-corrected chi connectivity index (χ3v) is 2.84. The predicted molar refractivity (Wildman–Crippen MR) is 48.2 cm³/mol. The van der Waals surface area contributed by atoms with Gasteiger partial charge in [-0.1, -0.05) is 13.8 Å². The second-order valence-corrected chi connectivity index (χ2v) is 4.37. The summed E-state index contributed by atoms with van der Waals surface area (Å²) in [6.07, 6.45) is 1.86. The largest absolute Gasteiger partial charge is 0.286 e. The molecule has 0 atom stereocenters. The van der Waals surface area contributed by atoms with Crippen LogP contribution in [0.5, 0.6) is 0 Å². The fraction of sp³-hybridized carbons (Fsp3) is 0.875. The van der Waals surface area contributed by atoms with E-state index >= 15 is 0 Å². The van der Waals surface area contributed by atoms with Gasteiger partial charge < -0.3 is 0 Å². The van der Waals surface area contributed by atoms with Crippen molar-refractivity contribution in [2.24, 2.45) is 5.92 Å². The van der Waals surface area contributed by atoms with Crippen LogP contribution in [0.1, 0.15) is 26.7 Å². The van der Waals surface area contributed by atoms with Crippen molar-refractivity contribution in [1.29, 1.82) is 0 Å². The van der Waals surface area contributed by atoms with E-state index in [0.29, 0.717) is 11.8 Å². The SMILES string of the molecule is CC(C)CCN1SCCC1=O. The molecule has 0 aromatic heterocycles. The molecule has 2 nitrogen and oxygen atoms in total. The van der Waals surface area contributed by atoms with Gasteiger partial charge in [-0.25, -0.2) is 0 Å². The fourth-order valence-electron chi connectivity index (χ4n) is 1.00. The highest BCUT2D eigenvalue weighted by Gasteiger charge is 2.20. The molecule has 0 bridgehead atoms. The molecule has 0 spiro atoms. The van der Waals surface area contributed by atoms with Crippen LogP contribution in [0.25, 0.3) is 0 Å². The van der Waals surface area contributed by atoms with Crippen LogP contribution in [0.4, 0.5) is 0 Å². The molecule has 0 aliphatic carbocycles. The van der Waals surface area contributed by atoms with Gasteiger partial charge in [-0.05, 0) is 24.3 Å². The first-order valence-corrected chi connectivity index (χ1v) is 5.07. The van der Waals surface area contributed by atoms with Crippen molar-refractivity contribution >= 4 is 17.9 Å². The summed E-state index contributed by atoms with van der Waals surface area (Å²) in [5.74, 6) is 2.00. The summed E-state index contributed by atoms with van der Waals surface area (Å²) in [5, 5.41) is 0. The first-order chi connectivity index (χ1) is 5.20. The minimum Gasteiger partial charge on any atom is -0.286 e. The quantitative estimate of drug-likeness (QED) is 0.608. The Morgan fingerprint density at radius 1 is 1.64 bits per heavy atom.